The van der Waals surface area contributed by atoms with E-state index < -0.39 is 11.9 Å². The number of carboxylic acids is 1. The van der Waals surface area contributed by atoms with Gasteiger partial charge < -0.3 is 10.4 Å². The summed E-state index contributed by atoms with van der Waals surface area (Å²) in [4.78, 5) is 29.9. The van der Waals surface area contributed by atoms with Crippen LogP contribution in [0.15, 0.2) is 36.2 Å². The Kier molecular flexibility index (Phi) is 6.49. The van der Waals surface area contributed by atoms with Crippen molar-refractivity contribution in [2.24, 2.45) is 11.8 Å². The molecule has 0 radical (unpaired) electrons. The zero-order chi connectivity index (χ0) is 17.5. The number of nitrogens with one attached hydrogen (secondary N) is 1. The Hall–Kier alpha value is -2.21. The number of allylic oxidation sites excluding steroid dienone is 1. The minimum atomic E-state index is -0.832. The highest BCUT2D eigenvalue weighted by molar-refractivity contribution is 5.80. The topological polar surface area (TPSA) is 82.5 Å². The second-order valence-electron chi connectivity index (χ2n) is 6.55. The van der Waals surface area contributed by atoms with Gasteiger partial charge in [-0.3, -0.25) is 19.5 Å². The average Bonchev–Trinajstić information content (AvgIpc) is 2.58. The van der Waals surface area contributed by atoms with E-state index in [4.69, 9.17) is 0 Å². The van der Waals surface area contributed by atoms with Gasteiger partial charge in [-0.15, -0.1) is 0 Å². The summed E-state index contributed by atoms with van der Waals surface area (Å²) in [6, 6.07) is 3.72. The molecule has 1 amide bonds. The smallest absolute Gasteiger partial charge is 0.307 e. The number of hydrogen-bond donors (Lipinski definition) is 2. The minimum Gasteiger partial charge on any atom is -0.481 e. The summed E-state index contributed by atoms with van der Waals surface area (Å²) >= 11 is 0. The van der Waals surface area contributed by atoms with Crippen LogP contribution in [0, 0.1) is 11.8 Å². The van der Waals surface area contributed by atoms with Gasteiger partial charge in [-0.2, -0.15) is 0 Å². The Morgan fingerprint density at radius 2 is 2.12 bits per heavy atom. The van der Waals surface area contributed by atoms with Crippen LogP contribution in [-0.2, 0) is 16.1 Å². The molecule has 0 unspecified atom stereocenters. The highest BCUT2D eigenvalue weighted by atomic mass is 16.4. The number of rotatable bonds is 6. The van der Waals surface area contributed by atoms with E-state index in [9.17, 15) is 14.7 Å². The summed E-state index contributed by atoms with van der Waals surface area (Å²) in [7, 11) is 0. The number of pyridine rings is 1. The highest BCUT2D eigenvalue weighted by Gasteiger charge is 2.34. The van der Waals surface area contributed by atoms with Gasteiger partial charge in [-0.05, 0) is 31.9 Å². The average molecular weight is 331 g/mol. The van der Waals surface area contributed by atoms with E-state index in [1.54, 1.807) is 12.4 Å². The molecule has 6 heteroatoms. The lowest BCUT2D eigenvalue weighted by Crippen LogP contribution is -2.48. The van der Waals surface area contributed by atoms with Crippen molar-refractivity contribution < 1.29 is 14.7 Å². The molecule has 1 aromatic heterocycles. The summed E-state index contributed by atoms with van der Waals surface area (Å²) in [6.45, 7) is 6.19. The Bertz CT molecular complexity index is 597. The molecular formula is C18H25N3O3. The van der Waals surface area contributed by atoms with Gasteiger partial charge in [0.25, 0.3) is 0 Å². The fourth-order valence-electron chi connectivity index (χ4n) is 2.86. The Morgan fingerprint density at radius 3 is 2.75 bits per heavy atom. The SMILES string of the molecule is CC(C)=CCN1C[C@H](C(=O)O)C[C@@H](C(=O)NCc2cccnc2)C1. The lowest BCUT2D eigenvalue weighted by atomic mass is 9.88. The molecule has 1 saturated heterocycles. The van der Waals surface area contributed by atoms with Crippen LogP contribution in [0.1, 0.15) is 25.8 Å². The Labute approximate surface area is 142 Å². The third kappa shape index (κ3) is 5.45. The molecule has 6 nitrogen and oxygen atoms in total. The third-order valence-corrected chi connectivity index (χ3v) is 4.19. The first kappa shape index (κ1) is 18.1. The number of carbonyl (C=O) groups is 2. The van der Waals surface area contributed by atoms with Crippen molar-refractivity contribution in [1.82, 2.24) is 15.2 Å². The van der Waals surface area contributed by atoms with Gasteiger partial charge in [-0.1, -0.05) is 17.7 Å². The number of aliphatic carboxylic acids is 1. The van der Waals surface area contributed by atoms with E-state index in [2.05, 4.69) is 16.4 Å². The first-order valence-corrected chi connectivity index (χ1v) is 8.21. The maximum atomic E-state index is 12.5. The predicted octanol–water partition coefficient (Wildman–Crippen LogP) is 1.69. The number of amides is 1. The number of hydrogen-bond acceptors (Lipinski definition) is 4. The van der Waals surface area contributed by atoms with E-state index in [0.29, 0.717) is 32.6 Å². The van der Waals surface area contributed by atoms with Crippen molar-refractivity contribution in [3.05, 3.63) is 41.7 Å². The van der Waals surface area contributed by atoms with Crippen LogP contribution in [0.2, 0.25) is 0 Å². The molecule has 1 aliphatic rings. The van der Waals surface area contributed by atoms with Crippen LogP contribution in [0.25, 0.3) is 0 Å². The minimum absolute atomic E-state index is 0.0907. The van der Waals surface area contributed by atoms with Gasteiger partial charge in [0, 0.05) is 38.6 Å². The quantitative estimate of drug-likeness (QED) is 0.775. The van der Waals surface area contributed by atoms with Crippen LogP contribution >= 0.6 is 0 Å². The molecule has 0 saturated carbocycles. The van der Waals surface area contributed by atoms with E-state index in [-0.39, 0.29) is 11.8 Å². The van der Waals surface area contributed by atoms with Crippen LogP contribution in [0.4, 0.5) is 0 Å². The van der Waals surface area contributed by atoms with Crippen LogP contribution in [0.3, 0.4) is 0 Å². The molecule has 0 bridgehead atoms. The van der Waals surface area contributed by atoms with Crippen molar-refractivity contribution in [3.8, 4) is 0 Å². The van der Waals surface area contributed by atoms with Gasteiger partial charge in [0.15, 0.2) is 0 Å². The molecule has 2 N–H and O–H groups in total. The third-order valence-electron chi connectivity index (χ3n) is 4.19. The van der Waals surface area contributed by atoms with Crippen LogP contribution < -0.4 is 5.32 Å². The van der Waals surface area contributed by atoms with Crippen molar-refractivity contribution in [2.45, 2.75) is 26.8 Å². The molecule has 0 aliphatic carbocycles. The highest BCUT2D eigenvalue weighted by Crippen LogP contribution is 2.22. The largest absolute Gasteiger partial charge is 0.481 e. The zero-order valence-electron chi connectivity index (χ0n) is 14.2. The molecule has 2 rings (SSSR count). The molecule has 1 aromatic rings. The number of aromatic nitrogens is 1. The normalized spacial score (nSPS) is 21.1. The summed E-state index contributed by atoms with van der Waals surface area (Å²) in [5.74, 6) is -1.73. The monoisotopic (exact) mass is 331 g/mol. The van der Waals surface area contributed by atoms with E-state index >= 15 is 0 Å². The second-order valence-corrected chi connectivity index (χ2v) is 6.55. The maximum absolute atomic E-state index is 12.5. The molecular weight excluding hydrogens is 306 g/mol. The predicted molar refractivity (Wildman–Crippen MR) is 91.2 cm³/mol. The Morgan fingerprint density at radius 1 is 1.38 bits per heavy atom. The zero-order valence-corrected chi connectivity index (χ0v) is 14.2. The first-order chi connectivity index (χ1) is 11.5. The number of likely N-dealkylation sites (tertiary alicyclic amines) is 1. The van der Waals surface area contributed by atoms with Gasteiger partial charge in [0.2, 0.25) is 5.91 Å². The number of carbonyl (C=O) groups excluding carboxylic acids is 1. The molecule has 0 spiro atoms. The fourth-order valence-corrected chi connectivity index (χ4v) is 2.86. The summed E-state index contributed by atoms with van der Waals surface area (Å²) in [6.07, 6.45) is 5.85. The van der Waals surface area contributed by atoms with Gasteiger partial charge in [0.05, 0.1) is 11.8 Å². The summed E-state index contributed by atoms with van der Waals surface area (Å²) < 4.78 is 0. The molecule has 0 aromatic carbocycles. The van der Waals surface area contributed by atoms with Crippen molar-refractivity contribution in [3.63, 3.8) is 0 Å². The van der Waals surface area contributed by atoms with Crippen molar-refractivity contribution in [2.75, 3.05) is 19.6 Å². The van der Waals surface area contributed by atoms with Crippen molar-refractivity contribution >= 4 is 11.9 Å². The van der Waals surface area contributed by atoms with Crippen LogP contribution in [0.5, 0.6) is 0 Å². The second kappa shape index (κ2) is 8.59. The molecule has 1 aliphatic heterocycles. The standard InChI is InChI=1S/C18H25N3O3/c1-13(2)5-7-21-11-15(8-16(12-21)18(23)24)17(22)20-10-14-4-3-6-19-9-14/h3-6,9,15-16H,7-8,10-12H2,1-2H3,(H,20,22)(H,23,24)/t15-,16-/m1/s1. The number of piperidine rings is 1. The number of carboxylic acid groups (broad SMARTS) is 1. The van der Waals surface area contributed by atoms with Crippen LogP contribution in [-0.4, -0.2) is 46.5 Å². The van der Waals surface area contributed by atoms with Gasteiger partial charge >= 0.3 is 5.97 Å². The van der Waals surface area contributed by atoms with E-state index in [1.807, 2.05) is 30.9 Å². The Balaban J connectivity index is 1.96. The summed E-state index contributed by atoms with van der Waals surface area (Å²) in [5, 5.41) is 12.3. The number of nitrogens with zero attached hydrogens (tertiary/aromatic N) is 2. The van der Waals surface area contributed by atoms with E-state index in [0.717, 1.165) is 5.56 Å². The van der Waals surface area contributed by atoms with E-state index in [1.165, 1.54) is 5.57 Å². The lowest BCUT2D eigenvalue weighted by molar-refractivity contribution is -0.145. The van der Waals surface area contributed by atoms with Crippen molar-refractivity contribution in [1.29, 1.82) is 0 Å². The molecule has 1 fully saturated rings. The summed E-state index contributed by atoms with van der Waals surface area (Å²) in [5.41, 5.74) is 2.11. The fraction of sp³-hybridized carbons (Fsp3) is 0.500. The first-order valence-electron chi connectivity index (χ1n) is 8.21. The maximum Gasteiger partial charge on any atom is 0.307 e. The van der Waals surface area contributed by atoms with Gasteiger partial charge in [0.1, 0.15) is 0 Å². The molecule has 130 valence electrons. The molecule has 24 heavy (non-hydrogen) atoms. The van der Waals surface area contributed by atoms with Gasteiger partial charge in [-0.25, -0.2) is 0 Å². The molecule has 2 heterocycles. The molecule has 2 atom stereocenters. The lowest BCUT2D eigenvalue weighted by Gasteiger charge is -2.35.